The van der Waals surface area contributed by atoms with Crippen LogP contribution in [0.2, 0.25) is 0 Å². The van der Waals surface area contributed by atoms with Gasteiger partial charge in [-0.1, -0.05) is 0 Å². The molecule has 2 nitrogen and oxygen atoms in total. The Morgan fingerprint density at radius 1 is 1.27 bits per heavy atom. The average molecular weight is 152 g/mol. The minimum absolute atomic E-state index is 0.250. The highest BCUT2D eigenvalue weighted by atomic mass is 19.1. The average Bonchev–Trinajstić information content (AvgIpc) is 2.04. The molecule has 0 amide bonds. The second-order valence-corrected chi connectivity index (χ2v) is 2.03. The minimum atomic E-state index is -0.250. The van der Waals surface area contributed by atoms with Crippen LogP contribution in [-0.4, -0.2) is 6.54 Å². The van der Waals surface area contributed by atoms with Crippen molar-refractivity contribution in [1.29, 1.82) is 0 Å². The van der Waals surface area contributed by atoms with Crippen LogP contribution in [0.25, 0.3) is 0 Å². The van der Waals surface area contributed by atoms with Crippen molar-refractivity contribution < 1.29 is 4.39 Å². The molecule has 0 aromatic heterocycles. The zero-order valence-corrected chi connectivity index (χ0v) is 6.29. The standard InChI is InChI=1S/C8H9FN2/c1-2-10-11-8-5-3-7(9)4-6-8/h3-6H,2H2,1H3. The number of halogens is 1. The number of nitrogens with zero attached hydrogens (tertiary/aromatic N) is 2. The molecule has 0 saturated heterocycles. The van der Waals surface area contributed by atoms with E-state index in [4.69, 9.17) is 0 Å². The molecule has 0 atom stereocenters. The first-order chi connectivity index (χ1) is 5.33. The van der Waals surface area contributed by atoms with E-state index in [1.165, 1.54) is 12.1 Å². The Labute approximate surface area is 64.8 Å². The predicted octanol–water partition coefficient (Wildman–Crippen LogP) is 2.93. The quantitative estimate of drug-likeness (QED) is 0.582. The van der Waals surface area contributed by atoms with Crippen molar-refractivity contribution in [2.45, 2.75) is 6.92 Å². The first-order valence-electron chi connectivity index (χ1n) is 3.46. The normalized spacial score (nSPS) is 10.7. The first kappa shape index (κ1) is 7.85. The molecule has 1 aromatic carbocycles. The Hall–Kier alpha value is -1.25. The fourth-order valence-electron chi connectivity index (χ4n) is 0.660. The lowest BCUT2D eigenvalue weighted by Crippen LogP contribution is -1.69. The SMILES string of the molecule is CCN=Nc1ccc(F)cc1. The first-order valence-corrected chi connectivity index (χ1v) is 3.46. The highest BCUT2D eigenvalue weighted by Crippen LogP contribution is 2.11. The van der Waals surface area contributed by atoms with Crippen molar-refractivity contribution in [3.8, 4) is 0 Å². The topological polar surface area (TPSA) is 24.7 Å². The molecule has 0 aliphatic rings. The highest BCUT2D eigenvalue weighted by molar-refractivity contribution is 5.35. The molecule has 3 heteroatoms. The zero-order valence-electron chi connectivity index (χ0n) is 6.29. The monoisotopic (exact) mass is 152 g/mol. The summed E-state index contributed by atoms with van der Waals surface area (Å²) in [7, 11) is 0. The molecule has 1 rings (SSSR count). The molecule has 0 aliphatic heterocycles. The van der Waals surface area contributed by atoms with Crippen LogP contribution in [0, 0.1) is 5.82 Å². The van der Waals surface area contributed by atoms with E-state index in [2.05, 4.69) is 10.2 Å². The van der Waals surface area contributed by atoms with Gasteiger partial charge in [0.15, 0.2) is 0 Å². The lowest BCUT2D eigenvalue weighted by Gasteiger charge is -1.89. The Morgan fingerprint density at radius 3 is 2.45 bits per heavy atom. The van der Waals surface area contributed by atoms with E-state index in [0.717, 1.165) is 0 Å². The van der Waals surface area contributed by atoms with Gasteiger partial charge in [0.2, 0.25) is 0 Å². The number of rotatable bonds is 2. The van der Waals surface area contributed by atoms with Crippen molar-refractivity contribution >= 4 is 5.69 Å². The Bertz CT molecular complexity index is 241. The highest BCUT2D eigenvalue weighted by Gasteiger charge is 1.88. The minimum Gasteiger partial charge on any atom is -0.207 e. The second-order valence-electron chi connectivity index (χ2n) is 2.03. The van der Waals surface area contributed by atoms with Crippen molar-refractivity contribution in [1.82, 2.24) is 0 Å². The number of benzene rings is 1. The molecule has 0 spiro atoms. The summed E-state index contributed by atoms with van der Waals surface area (Å²) in [5.41, 5.74) is 0.688. The van der Waals surface area contributed by atoms with Crippen LogP contribution in [0.15, 0.2) is 34.5 Å². The smallest absolute Gasteiger partial charge is 0.123 e. The van der Waals surface area contributed by atoms with Gasteiger partial charge in [-0.25, -0.2) is 4.39 Å². The van der Waals surface area contributed by atoms with Gasteiger partial charge in [0.1, 0.15) is 5.82 Å². The van der Waals surface area contributed by atoms with E-state index in [1.807, 2.05) is 6.92 Å². The summed E-state index contributed by atoms with van der Waals surface area (Å²) in [6.07, 6.45) is 0. The molecule has 1 aromatic rings. The maximum atomic E-state index is 12.3. The molecule has 0 unspecified atom stereocenters. The van der Waals surface area contributed by atoms with Gasteiger partial charge < -0.3 is 0 Å². The van der Waals surface area contributed by atoms with E-state index in [1.54, 1.807) is 12.1 Å². The summed E-state index contributed by atoms with van der Waals surface area (Å²) in [5, 5.41) is 7.60. The molecule has 0 radical (unpaired) electrons. The van der Waals surface area contributed by atoms with Crippen LogP contribution < -0.4 is 0 Å². The molecule has 0 saturated carbocycles. The van der Waals surface area contributed by atoms with Crippen LogP contribution in [0.3, 0.4) is 0 Å². The number of hydrogen-bond acceptors (Lipinski definition) is 2. The Kier molecular flexibility index (Phi) is 2.72. The summed E-state index contributed by atoms with van der Waals surface area (Å²) < 4.78 is 12.3. The van der Waals surface area contributed by atoms with Crippen LogP contribution in [0.4, 0.5) is 10.1 Å². The van der Waals surface area contributed by atoms with Gasteiger partial charge >= 0.3 is 0 Å². The largest absolute Gasteiger partial charge is 0.207 e. The maximum Gasteiger partial charge on any atom is 0.123 e. The molecular weight excluding hydrogens is 143 g/mol. The second kappa shape index (κ2) is 3.81. The van der Waals surface area contributed by atoms with Crippen molar-refractivity contribution in [3.63, 3.8) is 0 Å². The maximum absolute atomic E-state index is 12.3. The lowest BCUT2D eigenvalue weighted by molar-refractivity contribution is 0.628. The molecule has 0 aliphatic carbocycles. The van der Waals surface area contributed by atoms with Crippen LogP contribution in [0.5, 0.6) is 0 Å². The third kappa shape index (κ3) is 2.45. The van der Waals surface area contributed by atoms with Crippen LogP contribution in [0.1, 0.15) is 6.92 Å². The molecule has 0 heterocycles. The molecule has 0 fully saturated rings. The number of azo groups is 1. The van der Waals surface area contributed by atoms with E-state index in [9.17, 15) is 4.39 Å². The van der Waals surface area contributed by atoms with Gasteiger partial charge in [0.25, 0.3) is 0 Å². The Morgan fingerprint density at radius 2 is 1.91 bits per heavy atom. The fourth-order valence-corrected chi connectivity index (χ4v) is 0.660. The fraction of sp³-hybridized carbons (Fsp3) is 0.250. The lowest BCUT2D eigenvalue weighted by atomic mass is 10.3. The molecule has 58 valence electrons. The van der Waals surface area contributed by atoms with Crippen molar-refractivity contribution in [3.05, 3.63) is 30.1 Å². The van der Waals surface area contributed by atoms with Crippen molar-refractivity contribution in [2.24, 2.45) is 10.2 Å². The molecular formula is C8H9FN2. The van der Waals surface area contributed by atoms with Gasteiger partial charge in [0.05, 0.1) is 12.2 Å². The molecule has 0 N–H and O–H groups in total. The summed E-state index contributed by atoms with van der Waals surface area (Å²) in [6.45, 7) is 2.55. The van der Waals surface area contributed by atoms with Crippen molar-refractivity contribution in [2.75, 3.05) is 6.54 Å². The van der Waals surface area contributed by atoms with E-state index >= 15 is 0 Å². The van der Waals surface area contributed by atoms with E-state index < -0.39 is 0 Å². The van der Waals surface area contributed by atoms with Gasteiger partial charge in [-0.15, -0.1) is 0 Å². The van der Waals surface area contributed by atoms with Crippen LogP contribution >= 0.6 is 0 Å². The van der Waals surface area contributed by atoms with Gasteiger partial charge in [-0.3, -0.25) is 0 Å². The summed E-state index contributed by atoms with van der Waals surface area (Å²) in [6, 6.07) is 5.91. The predicted molar refractivity (Wildman–Crippen MR) is 41.5 cm³/mol. The molecule has 11 heavy (non-hydrogen) atoms. The third-order valence-electron chi connectivity index (χ3n) is 1.15. The van der Waals surface area contributed by atoms with Crippen LogP contribution in [-0.2, 0) is 0 Å². The molecule has 0 bridgehead atoms. The number of hydrogen-bond donors (Lipinski definition) is 0. The summed E-state index contributed by atoms with van der Waals surface area (Å²) in [5.74, 6) is -0.250. The van der Waals surface area contributed by atoms with E-state index in [-0.39, 0.29) is 5.82 Å². The van der Waals surface area contributed by atoms with Gasteiger partial charge in [-0.05, 0) is 31.2 Å². The van der Waals surface area contributed by atoms with E-state index in [0.29, 0.717) is 12.2 Å². The summed E-state index contributed by atoms with van der Waals surface area (Å²) >= 11 is 0. The third-order valence-corrected chi connectivity index (χ3v) is 1.15. The van der Waals surface area contributed by atoms with Gasteiger partial charge in [0, 0.05) is 0 Å². The Balaban J connectivity index is 2.73. The zero-order chi connectivity index (χ0) is 8.10. The van der Waals surface area contributed by atoms with Gasteiger partial charge in [-0.2, -0.15) is 10.2 Å². The summed E-state index contributed by atoms with van der Waals surface area (Å²) in [4.78, 5) is 0.